The third-order valence-corrected chi connectivity index (χ3v) is 10.3. The molecule has 0 heterocycles. The molecule has 0 aliphatic carbocycles. The van der Waals surface area contributed by atoms with Crippen LogP contribution in [0.5, 0.6) is 0 Å². The topological polar surface area (TPSA) is 65.1 Å². The van der Waals surface area contributed by atoms with Crippen molar-refractivity contribution in [3.8, 4) is 0 Å². The van der Waals surface area contributed by atoms with E-state index in [4.69, 9.17) is 14.2 Å². The van der Waals surface area contributed by atoms with E-state index in [2.05, 4.69) is 32.6 Å². The number of carbonyl (C=O) groups is 2. The van der Waals surface area contributed by atoms with E-state index in [0.717, 1.165) is 116 Å². The van der Waals surface area contributed by atoms with Crippen LogP contribution in [-0.4, -0.2) is 63.4 Å². The summed E-state index contributed by atoms with van der Waals surface area (Å²) in [5, 5.41) is 0. The Hall–Kier alpha value is -1.14. The maximum atomic E-state index is 12.9. The molecule has 0 radical (unpaired) electrons. The Kier molecular flexibility index (Phi) is 38.2. The van der Waals surface area contributed by atoms with E-state index >= 15 is 0 Å². The molecule has 0 aliphatic rings. The van der Waals surface area contributed by atoms with Crippen molar-refractivity contribution < 1.29 is 23.8 Å². The van der Waals surface area contributed by atoms with Crippen LogP contribution < -0.4 is 0 Å². The largest absolute Gasteiger partial charge is 0.465 e. The van der Waals surface area contributed by atoms with Crippen LogP contribution in [0.25, 0.3) is 0 Å². The van der Waals surface area contributed by atoms with Crippen LogP contribution in [0, 0.1) is 11.8 Å². The van der Waals surface area contributed by atoms with Gasteiger partial charge in [-0.25, -0.2) is 0 Å². The average molecular weight is 710 g/mol. The van der Waals surface area contributed by atoms with Gasteiger partial charge in [-0.05, 0) is 70.9 Å². The van der Waals surface area contributed by atoms with Gasteiger partial charge in [0, 0.05) is 20.3 Å². The zero-order valence-electron chi connectivity index (χ0n) is 34.4. The normalized spacial score (nSPS) is 12.8. The third kappa shape index (κ3) is 31.6. The predicted molar refractivity (Wildman–Crippen MR) is 214 cm³/mol. The van der Waals surface area contributed by atoms with Crippen LogP contribution in [0.3, 0.4) is 0 Å². The van der Waals surface area contributed by atoms with Crippen LogP contribution >= 0.6 is 0 Å². The van der Waals surface area contributed by atoms with Crippen LogP contribution in [0.2, 0.25) is 0 Å². The zero-order chi connectivity index (χ0) is 36.8. The van der Waals surface area contributed by atoms with Gasteiger partial charge in [-0.1, -0.05) is 156 Å². The standard InChI is InChI=1S/C44H87NO5/c1-6-10-14-17-18-25-34-42(33-24-16-12-8-3)44(47)50-40-29-22-20-27-36-45(37-30-38-48-5)35-26-19-21-28-39-49-43(46)41(31-13-9-4)32-23-15-11-7-2/h41-42H,6-40H2,1-5H3. The summed E-state index contributed by atoms with van der Waals surface area (Å²) < 4.78 is 16.9. The van der Waals surface area contributed by atoms with Gasteiger partial charge < -0.3 is 19.1 Å². The molecule has 0 aromatic heterocycles. The van der Waals surface area contributed by atoms with Crippen LogP contribution in [0.15, 0.2) is 0 Å². The van der Waals surface area contributed by atoms with Crippen LogP contribution in [0.1, 0.15) is 214 Å². The number of esters is 2. The molecule has 0 aromatic rings. The second-order valence-corrected chi connectivity index (χ2v) is 15.1. The number of nitrogens with zero attached hydrogens (tertiary/aromatic N) is 1. The zero-order valence-corrected chi connectivity index (χ0v) is 34.4. The highest BCUT2D eigenvalue weighted by atomic mass is 16.5. The number of hydrogen-bond acceptors (Lipinski definition) is 6. The van der Waals surface area contributed by atoms with Gasteiger partial charge in [0.05, 0.1) is 25.0 Å². The maximum absolute atomic E-state index is 12.9. The fourth-order valence-electron chi connectivity index (χ4n) is 6.95. The first-order chi connectivity index (χ1) is 24.5. The summed E-state index contributed by atoms with van der Waals surface area (Å²) in [4.78, 5) is 28.3. The minimum absolute atomic E-state index is 0.0444. The number of carbonyl (C=O) groups excluding carboxylic acids is 2. The Morgan fingerprint density at radius 3 is 1.18 bits per heavy atom. The van der Waals surface area contributed by atoms with Crippen LogP contribution in [-0.2, 0) is 23.8 Å². The molecule has 0 aliphatic heterocycles. The molecule has 298 valence electrons. The average Bonchev–Trinajstić information content (AvgIpc) is 3.12. The number of rotatable bonds is 40. The summed E-state index contributed by atoms with van der Waals surface area (Å²) in [6.45, 7) is 14.2. The molecule has 0 N–H and O–H groups in total. The SMILES string of the molecule is CCCCCCCCC(CCCCCC)C(=O)OCCCCCCN(CCCCCCOC(=O)C(CCCC)CCCCCC)CCCOC. The minimum atomic E-state index is 0.0444. The molecule has 0 saturated carbocycles. The Morgan fingerprint density at radius 1 is 0.400 bits per heavy atom. The fraction of sp³-hybridized carbons (Fsp3) is 0.955. The molecule has 0 fully saturated rings. The second-order valence-electron chi connectivity index (χ2n) is 15.1. The van der Waals surface area contributed by atoms with E-state index in [1.807, 2.05) is 0 Å². The molecule has 0 amide bonds. The van der Waals surface area contributed by atoms with Gasteiger partial charge in [0.2, 0.25) is 0 Å². The van der Waals surface area contributed by atoms with Gasteiger partial charge in [-0.15, -0.1) is 0 Å². The van der Waals surface area contributed by atoms with Gasteiger partial charge in [0.15, 0.2) is 0 Å². The lowest BCUT2D eigenvalue weighted by Gasteiger charge is -2.22. The lowest BCUT2D eigenvalue weighted by Crippen LogP contribution is -2.28. The molecule has 2 unspecified atom stereocenters. The van der Waals surface area contributed by atoms with Gasteiger partial charge in [-0.2, -0.15) is 0 Å². The Morgan fingerprint density at radius 2 is 0.740 bits per heavy atom. The molecular formula is C44H87NO5. The van der Waals surface area contributed by atoms with E-state index in [1.165, 1.54) is 96.3 Å². The molecule has 0 spiro atoms. The maximum Gasteiger partial charge on any atom is 0.308 e. The van der Waals surface area contributed by atoms with Crippen molar-refractivity contribution >= 4 is 11.9 Å². The predicted octanol–water partition coefficient (Wildman–Crippen LogP) is 12.6. The summed E-state index contributed by atoms with van der Waals surface area (Å²) in [6, 6.07) is 0. The molecule has 6 heteroatoms. The second kappa shape index (κ2) is 39.1. The van der Waals surface area contributed by atoms with Gasteiger partial charge in [-0.3, -0.25) is 9.59 Å². The first-order valence-electron chi connectivity index (χ1n) is 22.1. The Bertz CT molecular complexity index is 717. The van der Waals surface area contributed by atoms with E-state index < -0.39 is 0 Å². The lowest BCUT2D eigenvalue weighted by atomic mass is 9.94. The van der Waals surface area contributed by atoms with Gasteiger partial charge >= 0.3 is 11.9 Å². The summed E-state index contributed by atoms with van der Waals surface area (Å²) in [5.41, 5.74) is 0. The number of methoxy groups -OCH3 is 1. The number of hydrogen-bond donors (Lipinski definition) is 0. The molecule has 0 aromatic carbocycles. The summed E-state index contributed by atoms with van der Waals surface area (Å²) >= 11 is 0. The molecule has 0 bridgehead atoms. The van der Waals surface area contributed by atoms with E-state index in [-0.39, 0.29) is 23.8 Å². The first-order valence-corrected chi connectivity index (χ1v) is 22.1. The first kappa shape index (κ1) is 48.9. The fourth-order valence-corrected chi connectivity index (χ4v) is 6.95. The molecule has 6 nitrogen and oxygen atoms in total. The summed E-state index contributed by atoms with van der Waals surface area (Å²) in [7, 11) is 1.78. The molecule has 2 atom stereocenters. The van der Waals surface area contributed by atoms with Crippen molar-refractivity contribution in [2.75, 3.05) is 46.6 Å². The molecule has 0 saturated heterocycles. The number of unbranched alkanes of at least 4 members (excludes halogenated alkanes) is 18. The highest BCUT2D eigenvalue weighted by Crippen LogP contribution is 2.21. The van der Waals surface area contributed by atoms with Crippen molar-refractivity contribution in [1.82, 2.24) is 4.90 Å². The highest BCUT2D eigenvalue weighted by Gasteiger charge is 2.20. The summed E-state index contributed by atoms with van der Waals surface area (Å²) in [5.74, 6) is 0.302. The Labute approximate surface area is 312 Å². The van der Waals surface area contributed by atoms with E-state index in [9.17, 15) is 9.59 Å². The van der Waals surface area contributed by atoms with E-state index in [1.54, 1.807) is 7.11 Å². The van der Waals surface area contributed by atoms with Crippen molar-refractivity contribution in [3.05, 3.63) is 0 Å². The quantitative estimate of drug-likeness (QED) is 0.0466. The van der Waals surface area contributed by atoms with Crippen molar-refractivity contribution in [2.24, 2.45) is 11.8 Å². The van der Waals surface area contributed by atoms with Crippen molar-refractivity contribution in [1.29, 1.82) is 0 Å². The van der Waals surface area contributed by atoms with Crippen molar-refractivity contribution in [2.45, 2.75) is 214 Å². The monoisotopic (exact) mass is 710 g/mol. The summed E-state index contributed by atoms with van der Waals surface area (Å²) in [6.07, 6.45) is 33.6. The molecular weight excluding hydrogens is 622 g/mol. The Balaban J connectivity index is 4.29. The smallest absolute Gasteiger partial charge is 0.308 e. The lowest BCUT2D eigenvalue weighted by molar-refractivity contribution is -0.150. The van der Waals surface area contributed by atoms with Crippen LogP contribution in [0.4, 0.5) is 0 Å². The minimum Gasteiger partial charge on any atom is -0.465 e. The van der Waals surface area contributed by atoms with Gasteiger partial charge in [0.25, 0.3) is 0 Å². The highest BCUT2D eigenvalue weighted by molar-refractivity contribution is 5.72. The molecule has 50 heavy (non-hydrogen) atoms. The van der Waals surface area contributed by atoms with Gasteiger partial charge in [0.1, 0.15) is 0 Å². The van der Waals surface area contributed by atoms with E-state index in [0.29, 0.717) is 13.2 Å². The third-order valence-electron chi connectivity index (χ3n) is 10.3. The molecule has 0 rings (SSSR count). The number of ether oxygens (including phenoxy) is 3. The van der Waals surface area contributed by atoms with Crippen molar-refractivity contribution in [3.63, 3.8) is 0 Å².